The zero-order valence-electron chi connectivity index (χ0n) is 21.0. The van der Waals surface area contributed by atoms with Crippen LogP contribution >= 0.6 is 0 Å². The van der Waals surface area contributed by atoms with E-state index in [9.17, 15) is 27.5 Å². The maximum absolute atomic E-state index is 14.8. The number of amides is 1. The average Bonchev–Trinajstić information content (AvgIpc) is 2.83. The molecule has 198 valence electrons. The summed E-state index contributed by atoms with van der Waals surface area (Å²) in [6, 6.07) is 5.61. The number of fused-ring (bicyclic) bond motifs is 1. The number of aliphatic hydroxyl groups excluding tert-OH is 1. The van der Waals surface area contributed by atoms with Crippen LogP contribution in [-0.4, -0.2) is 66.9 Å². The first kappa shape index (κ1) is 26.9. The molecule has 9 nitrogen and oxygen atoms in total. The maximum atomic E-state index is 14.8. The molecule has 1 amide bonds. The second-order valence-electron chi connectivity index (χ2n) is 9.51. The first-order valence-corrected chi connectivity index (χ1v) is 14.0. The normalized spacial score (nSPS) is 18.2. The van der Waals surface area contributed by atoms with E-state index in [2.05, 4.69) is 10.3 Å². The topological polar surface area (TPSA) is 128 Å². The molecule has 1 saturated heterocycles. The van der Waals surface area contributed by atoms with Gasteiger partial charge in [0.2, 0.25) is 0 Å². The van der Waals surface area contributed by atoms with Gasteiger partial charge in [0.25, 0.3) is 11.5 Å². The van der Waals surface area contributed by atoms with Gasteiger partial charge in [0, 0.05) is 19.4 Å². The molecule has 1 aliphatic heterocycles. The Morgan fingerprint density at radius 1 is 1.27 bits per heavy atom. The minimum absolute atomic E-state index is 0.106. The van der Waals surface area contributed by atoms with Crippen LogP contribution in [0.3, 0.4) is 0 Å². The number of hydrogen-bond acceptors (Lipinski definition) is 7. The molecule has 0 radical (unpaired) electrons. The number of nitrogens with zero attached hydrogens (tertiary/aromatic N) is 2. The van der Waals surface area contributed by atoms with E-state index in [0.29, 0.717) is 35.9 Å². The monoisotopic (exact) mass is 531 g/mol. The number of rotatable bonds is 7. The summed E-state index contributed by atoms with van der Waals surface area (Å²) in [4.78, 5) is 30.2. The largest absolute Gasteiger partial charge is 0.389 e. The maximum Gasteiger partial charge on any atom is 0.261 e. The Morgan fingerprint density at radius 2 is 2.03 bits per heavy atom. The highest BCUT2D eigenvalue weighted by molar-refractivity contribution is 7.90. The smallest absolute Gasteiger partial charge is 0.261 e. The van der Waals surface area contributed by atoms with Crippen LogP contribution in [0.5, 0.6) is 0 Å². The molecule has 2 atom stereocenters. The third kappa shape index (κ3) is 5.89. The zero-order valence-corrected chi connectivity index (χ0v) is 21.8. The minimum Gasteiger partial charge on any atom is -0.389 e. The van der Waals surface area contributed by atoms with Gasteiger partial charge in [0.1, 0.15) is 15.7 Å². The molecule has 0 spiro atoms. The predicted molar refractivity (Wildman–Crippen MR) is 137 cm³/mol. The standard InChI is InChI=1S/C26H30FN3O6S/c1-15-16(2)24-20(26(33)30(14-29-24)22-6-8-36-13-23(22)31)12-18(15)10-17-4-5-19(21(27)11-17)25(32)28-7-9-37(3,34)35/h4-5,11-12,14,22-23,31H,6-10,13H2,1-3H3,(H,28,32)/t22-,23-/m0/s1. The number of aliphatic hydroxyl groups is 1. The summed E-state index contributed by atoms with van der Waals surface area (Å²) in [6.45, 7) is 4.29. The van der Waals surface area contributed by atoms with E-state index in [0.717, 1.165) is 22.9 Å². The highest BCUT2D eigenvalue weighted by atomic mass is 32.2. The molecule has 0 aliphatic carbocycles. The highest BCUT2D eigenvalue weighted by Gasteiger charge is 2.27. The number of aromatic nitrogens is 2. The van der Waals surface area contributed by atoms with E-state index in [4.69, 9.17) is 4.74 Å². The molecule has 1 fully saturated rings. The minimum atomic E-state index is -3.25. The van der Waals surface area contributed by atoms with Crippen molar-refractivity contribution in [3.05, 3.63) is 74.6 Å². The number of carbonyl (C=O) groups is 1. The zero-order chi connectivity index (χ0) is 26.9. The van der Waals surface area contributed by atoms with Crippen LogP contribution in [0.25, 0.3) is 10.9 Å². The third-order valence-corrected chi connectivity index (χ3v) is 7.77. The fourth-order valence-corrected chi connectivity index (χ4v) is 5.06. The van der Waals surface area contributed by atoms with Crippen LogP contribution in [0.2, 0.25) is 0 Å². The lowest BCUT2D eigenvalue weighted by atomic mass is 9.94. The number of halogens is 1. The number of aryl methyl sites for hydroxylation is 1. The van der Waals surface area contributed by atoms with Gasteiger partial charge in [-0.25, -0.2) is 17.8 Å². The Bertz CT molecular complexity index is 1520. The van der Waals surface area contributed by atoms with Gasteiger partial charge in [-0.2, -0.15) is 0 Å². The van der Waals surface area contributed by atoms with E-state index in [1.165, 1.54) is 23.0 Å². The number of carbonyl (C=O) groups excluding carboxylic acids is 1. The second kappa shape index (κ2) is 10.7. The number of hydrogen-bond donors (Lipinski definition) is 2. The van der Waals surface area contributed by atoms with Gasteiger partial charge in [-0.1, -0.05) is 6.07 Å². The molecule has 0 bridgehead atoms. The molecule has 11 heteroatoms. The number of nitrogens with one attached hydrogen (secondary N) is 1. The summed E-state index contributed by atoms with van der Waals surface area (Å²) in [7, 11) is -3.25. The van der Waals surface area contributed by atoms with Crippen molar-refractivity contribution >= 4 is 26.6 Å². The Morgan fingerprint density at radius 3 is 2.70 bits per heavy atom. The summed E-state index contributed by atoms with van der Waals surface area (Å²) in [5.41, 5.74) is 3.34. The molecule has 1 aromatic heterocycles. The van der Waals surface area contributed by atoms with Gasteiger partial charge in [0.05, 0.1) is 47.3 Å². The van der Waals surface area contributed by atoms with E-state index < -0.39 is 33.7 Å². The van der Waals surface area contributed by atoms with Crippen molar-refractivity contribution in [2.75, 3.05) is 31.8 Å². The first-order valence-electron chi connectivity index (χ1n) is 12.0. The first-order chi connectivity index (χ1) is 17.5. The Balaban J connectivity index is 1.62. The van der Waals surface area contributed by atoms with E-state index >= 15 is 0 Å². The number of ether oxygens (including phenoxy) is 1. The van der Waals surface area contributed by atoms with Gasteiger partial charge in [0.15, 0.2) is 0 Å². The fraction of sp³-hybridized carbons (Fsp3) is 0.423. The van der Waals surface area contributed by atoms with Gasteiger partial charge in [-0.15, -0.1) is 0 Å². The number of benzene rings is 2. The van der Waals surface area contributed by atoms with Crippen LogP contribution in [0.4, 0.5) is 4.39 Å². The molecule has 0 saturated carbocycles. The van der Waals surface area contributed by atoms with Crippen molar-refractivity contribution in [1.82, 2.24) is 14.9 Å². The molecule has 2 heterocycles. The lowest BCUT2D eigenvalue weighted by Gasteiger charge is -2.29. The molecule has 3 aromatic rings. The van der Waals surface area contributed by atoms with Crippen molar-refractivity contribution in [1.29, 1.82) is 0 Å². The predicted octanol–water partition coefficient (Wildman–Crippen LogP) is 1.84. The van der Waals surface area contributed by atoms with E-state index in [1.807, 2.05) is 13.8 Å². The van der Waals surface area contributed by atoms with Crippen LogP contribution in [-0.2, 0) is 21.0 Å². The molecule has 4 rings (SSSR count). The molecule has 1 aliphatic rings. The van der Waals surface area contributed by atoms with E-state index in [1.54, 1.807) is 12.1 Å². The summed E-state index contributed by atoms with van der Waals surface area (Å²) < 4.78 is 44.0. The van der Waals surface area contributed by atoms with Crippen LogP contribution in [0, 0.1) is 19.7 Å². The van der Waals surface area contributed by atoms with Gasteiger partial charge >= 0.3 is 0 Å². The Hall–Kier alpha value is -3.15. The van der Waals surface area contributed by atoms with Crippen molar-refractivity contribution in [2.45, 2.75) is 38.8 Å². The second-order valence-corrected chi connectivity index (χ2v) is 11.8. The lowest BCUT2D eigenvalue weighted by molar-refractivity contribution is -0.0395. The van der Waals surface area contributed by atoms with E-state index in [-0.39, 0.29) is 30.0 Å². The Labute approximate surface area is 214 Å². The molecule has 2 N–H and O–H groups in total. The molecule has 0 unspecified atom stereocenters. The van der Waals surface area contributed by atoms with Crippen molar-refractivity contribution < 1.29 is 27.4 Å². The average molecular weight is 532 g/mol. The molecular formula is C26H30FN3O6S. The summed E-state index contributed by atoms with van der Waals surface area (Å²) in [6.07, 6.45) is 2.56. The summed E-state index contributed by atoms with van der Waals surface area (Å²) >= 11 is 0. The fourth-order valence-electron chi connectivity index (χ4n) is 4.59. The van der Waals surface area contributed by atoms with Crippen LogP contribution in [0.15, 0.2) is 35.4 Å². The van der Waals surface area contributed by atoms with Gasteiger partial charge in [-0.05, 0) is 67.1 Å². The molecule has 2 aromatic carbocycles. The van der Waals surface area contributed by atoms with Crippen molar-refractivity contribution in [3.8, 4) is 0 Å². The van der Waals surface area contributed by atoms with Crippen LogP contribution in [0.1, 0.15) is 45.1 Å². The molecule has 37 heavy (non-hydrogen) atoms. The molecular weight excluding hydrogens is 501 g/mol. The summed E-state index contributed by atoms with van der Waals surface area (Å²) in [5, 5.41) is 13.2. The lowest BCUT2D eigenvalue weighted by Crippen LogP contribution is -2.39. The third-order valence-electron chi connectivity index (χ3n) is 6.83. The van der Waals surface area contributed by atoms with Crippen molar-refractivity contribution in [2.24, 2.45) is 0 Å². The summed E-state index contributed by atoms with van der Waals surface area (Å²) in [5.74, 6) is -1.64. The SMILES string of the molecule is Cc1c(Cc2ccc(C(=O)NCCS(C)(=O)=O)c(F)c2)cc2c(=O)n([C@H]3CCOC[C@@H]3O)cnc2c1C. The van der Waals surface area contributed by atoms with Gasteiger partial charge in [-0.3, -0.25) is 14.2 Å². The number of sulfone groups is 1. The van der Waals surface area contributed by atoms with Crippen LogP contribution < -0.4 is 10.9 Å². The Kier molecular flexibility index (Phi) is 7.77. The quantitative estimate of drug-likeness (QED) is 0.476. The van der Waals surface area contributed by atoms with Crippen molar-refractivity contribution in [3.63, 3.8) is 0 Å². The van der Waals surface area contributed by atoms with Gasteiger partial charge < -0.3 is 15.2 Å². The highest BCUT2D eigenvalue weighted by Crippen LogP contribution is 2.26.